The van der Waals surface area contributed by atoms with Gasteiger partial charge in [-0.05, 0) is 62.1 Å². The molecule has 0 radical (unpaired) electrons. The summed E-state index contributed by atoms with van der Waals surface area (Å²) < 4.78 is 11.5. The summed E-state index contributed by atoms with van der Waals surface area (Å²) in [6.45, 7) is 4.27. The van der Waals surface area contributed by atoms with Gasteiger partial charge in [0.25, 0.3) is 5.91 Å². The zero-order chi connectivity index (χ0) is 27.1. The van der Waals surface area contributed by atoms with Crippen molar-refractivity contribution >= 4 is 17.7 Å². The molecule has 0 aliphatic carbocycles. The molecule has 1 aliphatic heterocycles. The van der Waals surface area contributed by atoms with E-state index in [0.29, 0.717) is 35.7 Å². The van der Waals surface area contributed by atoms with Crippen LogP contribution in [0.5, 0.6) is 11.5 Å². The first kappa shape index (κ1) is 27.0. The average molecular weight is 518 g/mol. The Kier molecular flexibility index (Phi) is 8.84. The predicted molar refractivity (Wildman–Crippen MR) is 144 cm³/mol. The molecule has 2 aromatic carbocycles. The minimum Gasteiger partial charge on any atom is -0.469 e. The van der Waals surface area contributed by atoms with Crippen LogP contribution >= 0.6 is 0 Å². The standard InChI is InChI=1S/C30H35N3O5/c1-4-22-16-15-21(28(34)32-25(29(35)31-3)18-23-11-9-17-37-23)19-33(22)30(36)24-12-6-8-14-27(24)38-26-13-7-5-10-20(26)2/h5-14,17,21-22,25H,4,15-16,18-19H2,1-3H3,(H,31,35)(H,32,34)/t21-,22+,25+/m0/s1. The average Bonchev–Trinajstić information content (AvgIpc) is 3.46. The fourth-order valence-electron chi connectivity index (χ4n) is 4.89. The fourth-order valence-corrected chi connectivity index (χ4v) is 4.89. The van der Waals surface area contributed by atoms with Crippen molar-refractivity contribution in [3.05, 3.63) is 83.8 Å². The lowest BCUT2D eigenvalue weighted by Gasteiger charge is -2.39. The van der Waals surface area contributed by atoms with Crippen molar-refractivity contribution in [3.8, 4) is 11.5 Å². The molecule has 0 bridgehead atoms. The molecule has 3 aromatic rings. The SMILES string of the molecule is CC[C@@H]1CC[C@H](C(=O)N[C@H](Cc2ccco2)C(=O)NC)CN1C(=O)c1ccccc1Oc1ccccc1C. The number of amides is 3. The third-order valence-electron chi connectivity index (χ3n) is 7.10. The van der Waals surface area contributed by atoms with Crippen molar-refractivity contribution in [1.29, 1.82) is 0 Å². The van der Waals surface area contributed by atoms with Gasteiger partial charge < -0.3 is 24.7 Å². The molecule has 4 rings (SSSR count). The number of carbonyl (C=O) groups is 3. The van der Waals surface area contributed by atoms with Crippen molar-refractivity contribution < 1.29 is 23.5 Å². The predicted octanol–water partition coefficient (Wildman–Crippen LogP) is 4.48. The molecule has 0 saturated carbocycles. The minimum atomic E-state index is -0.769. The van der Waals surface area contributed by atoms with Crippen LogP contribution in [-0.2, 0) is 16.0 Å². The summed E-state index contributed by atoms with van der Waals surface area (Å²) in [4.78, 5) is 41.4. The minimum absolute atomic E-state index is 0.0101. The molecular weight excluding hydrogens is 482 g/mol. The third-order valence-corrected chi connectivity index (χ3v) is 7.10. The molecule has 1 aromatic heterocycles. The van der Waals surface area contributed by atoms with Gasteiger partial charge in [-0.2, -0.15) is 0 Å². The Morgan fingerprint density at radius 3 is 2.45 bits per heavy atom. The van der Waals surface area contributed by atoms with E-state index in [2.05, 4.69) is 10.6 Å². The third kappa shape index (κ3) is 6.25. The van der Waals surface area contributed by atoms with Crippen molar-refractivity contribution in [2.24, 2.45) is 5.92 Å². The first-order valence-corrected chi connectivity index (χ1v) is 13.1. The molecule has 0 spiro atoms. The highest BCUT2D eigenvalue weighted by atomic mass is 16.5. The largest absolute Gasteiger partial charge is 0.469 e. The number of benzene rings is 2. The number of carbonyl (C=O) groups excluding carboxylic acids is 3. The molecular formula is C30H35N3O5. The number of rotatable bonds is 9. The number of hydrogen-bond donors (Lipinski definition) is 2. The van der Waals surface area contributed by atoms with E-state index in [9.17, 15) is 14.4 Å². The van der Waals surface area contributed by atoms with E-state index in [1.54, 1.807) is 29.2 Å². The molecule has 8 nitrogen and oxygen atoms in total. The van der Waals surface area contributed by atoms with Crippen molar-refractivity contribution in [3.63, 3.8) is 0 Å². The van der Waals surface area contributed by atoms with Crippen LogP contribution in [-0.4, -0.2) is 48.3 Å². The molecule has 3 amide bonds. The molecule has 8 heteroatoms. The fraction of sp³-hybridized carbons (Fsp3) is 0.367. The van der Waals surface area contributed by atoms with Gasteiger partial charge in [0.05, 0.1) is 17.7 Å². The second kappa shape index (κ2) is 12.4. The van der Waals surface area contributed by atoms with Gasteiger partial charge in [0, 0.05) is 26.1 Å². The number of likely N-dealkylation sites (tertiary alicyclic amines) is 1. The molecule has 0 unspecified atom stereocenters. The summed E-state index contributed by atoms with van der Waals surface area (Å²) in [5.74, 6) is 0.621. The van der Waals surface area contributed by atoms with Gasteiger partial charge in [-0.25, -0.2) is 0 Å². The number of furan rings is 1. The highest BCUT2D eigenvalue weighted by Crippen LogP contribution is 2.32. The normalized spacial score (nSPS) is 17.9. The summed E-state index contributed by atoms with van der Waals surface area (Å²) >= 11 is 0. The van der Waals surface area contributed by atoms with Crippen LogP contribution in [0.1, 0.15) is 47.9 Å². The van der Waals surface area contributed by atoms with Gasteiger partial charge in [0.15, 0.2) is 0 Å². The molecule has 3 atom stereocenters. The second-order valence-corrected chi connectivity index (χ2v) is 9.62. The summed E-state index contributed by atoms with van der Waals surface area (Å²) in [5, 5.41) is 5.49. The lowest BCUT2D eigenvalue weighted by Crippen LogP contribution is -2.54. The number of hydrogen-bond acceptors (Lipinski definition) is 5. The van der Waals surface area contributed by atoms with Crippen molar-refractivity contribution in [2.75, 3.05) is 13.6 Å². The van der Waals surface area contributed by atoms with E-state index in [-0.39, 0.29) is 36.7 Å². The van der Waals surface area contributed by atoms with Gasteiger partial charge in [-0.15, -0.1) is 0 Å². The number of nitrogens with zero attached hydrogens (tertiary/aromatic N) is 1. The molecule has 1 fully saturated rings. The Balaban J connectivity index is 1.51. The van der Waals surface area contributed by atoms with E-state index in [1.807, 2.05) is 50.2 Å². The van der Waals surface area contributed by atoms with Crippen LogP contribution in [0.25, 0.3) is 0 Å². The number of para-hydroxylation sites is 2. The Bertz CT molecular complexity index is 1260. The molecule has 38 heavy (non-hydrogen) atoms. The topological polar surface area (TPSA) is 101 Å². The number of piperidine rings is 1. The van der Waals surface area contributed by atoms with E-state index in [4.69, 9.17) is 9.15 Å². The maximum absolute atomic E-state index is 13.9. The van der Waals surface area contributed by atoms with Crippen LogP contribution < -0.4 is 15.4 Å². The van der Waals surface area contributed by atoms with Gasteiger partial charge >= 0.3 is 0 Å². The van der Waals surface area contributed by atoms with Crippen LogP contribution in [0, 0.1) is 12.8 Å². The Labute approximate surface area is 223 Å². The second-order valence-electron chi connectivity index (χ2n) is 9.62. The summed E-state index contributed by atoms with van der Waals surface area (Å²) in [5.41, 5.74) is 1.42. The van der Waals surface area contributed by atoms with Gasteiger partial charge in [0.2, 0.25) is 11.8 Å². The Morgan fingerprint density at radius 2 is 1.76 bits per heavy atom. The smallest absolute Gasteiger partial charge is 0.257 e. The molecule has 1 aliphatic rings. The van der Waals surface area contributed by atoms with Crippen LogP contribution in [0.4, 0.5) is 0 Å². The maximum Gasteiger partial charge on any atom is 0.257 e. The van der Waals surface area contributed by atoms with Gasteiger partial charge in [-0.1, -0.05) is 37.3 Å². The number of aryl methyl sites for hydroxylation is 1. The molecule has 200 valence electrons. The van der Waals surface area contributed by atoms with Gasteiger partial charge in [0.1, 0.15) is 23.3 Å². The lowest BCUT2D eigenvalue weighted by molar-refractivity contribution is -0.132. The Hall–Kier alpha value is -4.07. The molecule has 1 saturated heterocycles. The highest BCUT2D eigenvalue weighted by molar-refractivity contribution is 5.98. The van der Waals surface area contributed by atoms with E-state index >= 15 is 0 Å². The van der Waals surface area contributed by atoms with Crippen molar-refractivity contribution in [1.82, 2.24) is 15.5 Å². The molecule has 2 heterocycles. The monoisotopic (exact) mass is 517 g/mol. The number of nitrogens with one attached hydrogen (secondary N) is 2. The highest BCUT2D eigenvalue weighted by Gasteiger charge is 2.36. The molecule has 2 N–H and O–H groups in total. The number of likely N-dealkylation sites (N-methyl/N-ethyl adjacent to an activating group) is 1. The summed E-state index contributed by atoms with van der Waals surface area (Å²) in [7, 11) is 1.53. The zero-order valence-electron chi connectivity index (χ0n) is 22.1. The van der Waals surface area contributed by atoms with E-state index in [0.717, 1.165) is 12.0 Å². The van der Waals surface area contributed by atoms with Crippen LogP contribution in [0.2, 0.25) is 0 Å². The maximum atomic E-state index is 13.9. The number of ether oxygens (including phenoxy) is 1. The van der Waals surface area contributed by atoms with Crippen LogP contribution in [0.3, 0.4) is 0 Å². The lowest BCUT2D eigenvalue weighted by atomic mass is 9.89. The van der Waals surface area contributed by atoms with Crippen molar-refractivity contribution in [2.45, 2.75) is 51.6 Å². The van der Waals surface area contributed by atoms with E-state index in [1.165, 1.54) is 13.3 Å². The first-order valence-electron chi connectivity index (χ1n) is 13.1. The Morgan fingerprint density at radius 1 is 1.03 bits per heavy atom. The summed E-state index contributed by atoms with van der Waals surface area (Å²) in [6, 6.07) is 17.6. The zero-order valence-corrected chi connectivity index (χ0v) is 22.1. The van der Waals surface area contributed by atoms with Gasteiger partial charge in [-0.3, -0.25) is 14.4 Å². The summed E-state index contributed by atoms with van der Waals surface area (Å²) in [6.07, 6.45) is 3.89. The van der Waals surface area contributed by atoms with E-state index < -0.39 is 12.0 Å². The first-order chi connectivity index (χ1) is 18.4. The quantitative estimate of drug-likeness (QED) is 0.436. The van der Waals surface area contributed by atoms with Crippen LogP contribution in [0.15, 0.2) is 71.3 Å².